The molecule has 0 saturated carbocycles. The molecule has 2 N–H and O–H groups in total. The molecule has 0 bridgehead atoms. The number of amides is 1. The summed E-state index contributed by atoms with van der Waals surface area (Å²) >= 11 is 5.28. The molecule has 0 radical (unpaired) electrons. The Morgan fingerprint density at radius 1 is 0.857 bits per heavy atom. The molecule has 4 aromatic rings. The molecule has 1 amide bonds. The van der Waals surface area contributed by atoms with Gasteiger partial charge in [0.25, 0.3) is 0 Å². The highest BCUT2D eigenvalue weighted by atomic mass is 32.2. The number of rotatable bonds is 7. The van der Waals surface area contributed by atoms with Crippen molar-refractivity contribution >= 4 is 49.7 Å². The van der Waals surface area contributed by atoms with Gasteiger partial charge in [-0.2, -0.15) is 4.31 Å². The van der Waals surface area contributed by atoms with Crippen molar-refractivity contribution in [2.24, 2.45) is 0 Å². The minimum absolute atomic E-state index is 0.145. The fraction of sp³-hybridized carbons (Fsp3) is 0.111. The van der Waals surface area contributed by atoms with Crippen LogP contribution in [0.15, 0.2) is 102 Å². The molecule has 8 heteroatoms. The molecule has 0 atom stereocenters. The van der Waals surface area contributed by atoms with Crippen molar-refractivity contribution in [1.29, 1.82) is 0 Å². The van der Waals surface area contributed by atoms with Crippen LogP contribution in [0, 0.1) is 0 Å². The van der Waals surface area contributed by atoms with Gasteiger partial charge < -0.3 is 10.6 Å². The third-order valence-electron chi connectivity index (χ3n) is 5.55. The Bertz CT molecular complexity index is 1450. The van der Waals surface area contributed by atoms with Gasteiger partial charge in [0.15, 0.2) is 5.11 Å². The molecule has 0 fully saturated rings. The summed E-state index contributed by atoms with van der Waals surface area (Å²) in [5.74, 6) is -0.236. The first-order valence-electron chi connectivity index (χ1n) is 11.0. The number of benzene rings is 4. The molecule has 0 heterocycles. The first-order valence-corrected chi connectivity index (χ1v) is 12.9. The molecule has 0 aliphatic rings. The average Bonchev–Trinajstić information content (AvgIpc) is 2.85. The number of carbonyl (C=O) groups excluding carboxylic acids is 1. The minimum atomic E-state index is -3.65. The smallest absolute Gasteiger partial charge is 0.243 e. The summed E-state index contributed by atoms with van der Waals surface area (Å²) in [7, 11) is -2.10. The second-order valence-corrected chi connectivity index (χ2v) is 10.5. The molecule has 0 saturated heterocycles. The van der Waals surface area contributed by atoms with Crippen molar-refractivity contribution in [3.05, 3.63) is 108 Å². The number of hydrogen-bond acceptors (Lipinski definition) is 4. The Morgan fingerprint density at radius 3 is 2.26 bits per heavy atom. The van der Waals surface area contributed by atoms with Crippen LogP contribution in [-0.4, -0.2) is 30.8 Å². The molecule has 0 aliphatic carbocycles. The Balaban J connectivity index is 1.35. The Morgan fingerprint density at radius 2 is 1.51 bits per heavy atom. The zero-order valence-electron chi connectivity index (χ0n) is 19.1. The summed E-state index contributed by atoms with van der Waals surface area (Å²) in [6.07, 6.45) is 0.189. The van der Waals surface area contributed by atoms with E-state index in [2.05, 4.69) is 10.6 Å². The number of hydrogen-bond donors (Lipinski definition) is 2. The maximum Gasteiger partial charge on any atom is 0.243 e. The van der Waals surface area contributed by atoms with Gasteiger partial charge in [-0.15, -0.1) is 0 Å². The van der Waals surface area contributed by atoms with E-state index < -0.39 is 10.0 Å². The molecule has 0 aromatic heterocycles. The Labute approximate surface area is 210 Å². The first kappa shape index (κ1) is 24.5. The fourth-order valence-electron chi connectivity index (χ4n) is 3.77. The highest BCUT2D eigenvalue weighted by Crippen LogP contribution is 2.20. The minimum Gasteiger partial charge on any atom is -0.332 e. The molecule has 4 rings (SSSR count). The van der Waals surface area contributed by atoms with Crippen LogP contribution in [0.4, 0.5) is 5.69 Å². The molecule has 0 spiro atoms. The van der Waals surface area contributed by atoms with E-state index in [-0.39, 0.29) is 28.9 Å². The normalized spacial score (nSPS) is 11.4. The zero-order valence-corrected chi connectivity index (χ0v) is 20.8. The van der Waals surface area contributed by atoms with Crippen molar-refractivity contribution in [2.45, 2.75) is 17.9 Å². The van der Waals surface area contributed by atoms with Gasteiger partial charge in [-0.1, -0.05) is 72.8 Å². The Hall–Kier alpha value is -3.59. The van der Waals surface area contributed by atoms with E-state index in [1.165, 1.54) is 16.4 Å². The molecule has 178 valence electrons. The third kappa shape index (κ3) is 6.10. The van der Waals surface area contributed by atoms with E-state index in [0.29, 0.717) is 5.69 Å². The van der Waals surface area contributed by atoms with Gasteiger partial charge in [-0.05, 0) is 58.4 Å². The summed E-state index contributed by atoms with van der Waals surface area (Å²) < 4.78 is 27.1. The van der Waals surface area contributed by atoms with Gasteiger partial charge in [-0.25, -0.2) is 8.42 Å². The van der Waals surface area contributed by atoms with Gasteiger partial charge in [0.1, 0.15) is 0 Å². The van der Waals surface area contributed by atoms with Crippen molar-refractivity contribution in [1.82, 2.24) is 9.62 Å². The van der Waals surface area contributed by atoms with Crippen molar-refractivity contribution in [3.63, 3.8) is 0 Å². The van der Waals surface area contributed by atoms with Crippen LogP contribution in [-0.2, 0) is 27.8 Å². The lowest BCUT2D eigenvalue weighted by atomic mass is 10.0. The zero-order chi connectivity index (χ0) is 24.8. The van der Waals surface area contributed by atoms with Crippen LogP contribution < -0.4 is 10.6 Å². The third-order valence-corrected chi connectivity index (χ3v) is 7.57. The van der Waals surface area contributed by atoms with Crippen LogP contribution in [0.3, 0.4) is 0 Å². The molecule has 6 nitrogen and oxygen atoms in total. The maximum atomic E-state index is 12.9. The van der Waals surface area contributed by atoms with E-state index in [4.69, 9.17) is 12.2 Å². The van der Waals surface area contributed by atoms with E-state index in [9.17, 15) is 13.2 Å². The highest BCUT2D eigenvalue weighted by molar-refractivity contribution is 7.89. The second kappa shape index (κ2) is 10.8. The average molecular weight is 504 g/mol. The highest BCUT2D eigenvalue weighted by Gasteiger charge is 2.21. The van der Waals surface area contributed by atoms with Gasteiger partial charge in [-0.3, -0.25) is 4.79 Å². The lowest BCUT2D eigenvalue weighted by Gasteiger charge is -2.18. The largest absolute Gasteiger partial charge is 0.332 e. The molecule has 0 unspecified atom stereocenters. The Kier molecular flexibility index (Phi) is 7.55. The second-order valence-electron chi connectivity index (χ2n) is 8.09. The van der Waals surface area contributed by atoms with Crippen LogP contribution in [0.25, 0.3) is 10.8 Å². The summed E-state index contributed by atoms with van der Waals surface area (Å²) in [6.45, 7) is 0.274. The van der Waals surface area contributed by atoms with Gasteiger partial charge in [0.2, 0.25) is 15.9 Å². The van der Waals surface area contributed by atoms with Gasteiger partial charge in [0, 0.05) is 19.3 Å². The van der Waals surface area contributed by atoms with Crippen LogP contribution in [0.2, 0.25) is 0 Å². The maximum absolute atomic E-state index is 12.9. The number of anilines is 1. The predicted molar refractivity (Wildman–Crippen MR) is 144 cm³/mol. The topological polar surface area (TPSA) is 78.5 Å². The first-order chi connectivity index (χ1) is 16.8. The number of fused-ring (bicyclic) bond motifs is 1. The van der Waals surface area contributed by atoms with Crippen molar-refractivity contribution in [3.8, 4) is 0 Å². The van der Waals surface area contributed by atoms with Crippen molar-refractivity contribution in [2.75, 3.05) is 12.4 Å². The number of nitrogens with zero attached hydrogens (tertiary/aromatic N) is 1. The number of thiocarbonyl (C=S) groups is 1. The predicted octanol–water partition coefficient (Wildman–Crippen LogP) is 4.72. The SMILES string of the molecule is CN(Cc1ccccc1)S(=O)(=O)c1ccc(NC(=S)NC(=O)Cc2cccc3ccccc23)cc1. The lowest BCUT2D eigenvalue weighted by Crippen LogP contribution is -2.35. The van der Waals surface area contributed by atoms with E-state index in [0.717, 1.165) is 21.9 Å². The molecule has 0 aliphatic heterocycles. The van der Waals surface area contributed by atoms with Crippen molar-refractivity contribution < 1.29 is 13.2 Å². The summed E-state index contributed by atoms with van der Waals surface area (Å²) in [4.78, 5) is 12.7. The summed E-state index contributed by atoms with van der Waals surface area (Å²) in [5.41, 5.74) is 2.39. The van der Waals surface area contributed by atoms with E-state index in [1.807, 2.05) is 72.8 Å². The lowest BCUT2D eigenvalue weighted by molar-refractivity contribution is -0.119. The number of sulfonamides is 1. The molecular weight excluding hydrogens is 478 g/mol. The molecular formula is C27H25N3O3S2. The molecule has 35 heavy (non-hydrogen) atoms. The standard InChI is InChI=1S/C27H25N3O3S2/c1-30(19-20-8-3-2-4-9-20)35(32,33)24-16-14-23(15-17-24)28-27(34)29-26(31)18-22-12-7-11-21-10-5-6-13-25(21)22/h2-17H,18-19H2,1H3,(H2,28,29,31,34). The fourth-order valence-corrected chi connectivity index (χ4v) is 5.16. The van der Waals surface area contributed by atoms with Gasteiger partial charge in [0.05, 0.1) is 11.3 Å². The monoisotopic (exact) mass is 503 g/mol. The number of carbonyl (C=O) groups is 1. The summed E-state index contributed by atoms with van der Waals surface area (Å²) in [6, 6.07) is 29.4. The molecule has 4 aromatic carbocycles. The summed E-state index contributed by atoms with van der Waals surface area (Å²) in [5, 5.41) is 7.87. The van der Waals surface area contributed by atoms with Crippen LogP contribution in [0.1, 0.15) is 11.1 Å². The van der Waals surface area contributed by atoms with Crippen LogP contribution >= 0.6 is 12.2 Å². The quantitative estimate of drug-likeness (QED) is 0.357. The van der Waals surface area contributed by atoms with Crippen LogP contribution in [0.5, 0.6) is 0 Å². The van der Waals surface area contributed by atoms with E-state index in [1.54, 1.807) is 19.2 Å². The van der Waals surface area contributed by atoms with E-state index >= 15 is 0 Å². The van der Waals surface area contributed by atoms with Gasteiger partial charge >= 0.3 is 0 Å². The number of nitrogens with one attached hydrogen (secondary N) is 2.